The molecule has 0 saturated heterocycles. The van der Waals surface area contributed by atoms with Crippen molar-refractivity contribution in [1.29, 1.82) is 10.5 Å². The third-order valence-corrected chi connectivity index (χ3v) is 6.78. The van der Waals surface area contributed by atoms with Crippen LogP contribution in [0.3, 0.4) is 0 Å². The van der Waals surface area contributed by atoms with Crippen molar-refractivity contribution in [1.82, 2.24) is 0 Å². The van der Waals surface area contributed by atoms with Crippen LogP contribution in [0.4, 0.5) is 0 Å². The molecule has 0 bridgehead atoms. The lowest BCUT2D eigenvalue weighted by atomic mass is 9.68. The highest BCUT2D eigenvalue weighted by Gasteiger charge is 2.31. The SMILES string of the molecule is CCCC1CCC(C2CCC(c3ccc(C#N)c(C#N)c3)CC2)CC1. The van der Waals surface area contributed by atoms with Crippen LogP contribution in [0.2, 0.25) is 0 Å². The Bertz CT molecular complexity index is 648. The molecule has 0 heterocycles. The molecule has 0 aliphatic heterocycles. The van der Waals surface area contributed by atoms with Gasteiger partial charge in [0, 0.05) is 0 Å². The fourth-order valence-electron chi connectivity index (χ4n) is 5.29. The van der Waals surface area contributed by atoms with Gasteiger partial charge in [0.2, 0.25) is 0 Å². The minimum absolute atomic E-state index is 0.503. The van der Waals surface area contributed by atoms with E-state index in [2.05, 4.69) is 25.1 Å². The van der Waals surface area contributed by atoms with Crippen molar-refractivity contribution in [2.24, 2.45) is 17.8 Å². The lowest BCUT2D eigenvalue weighted by Gasteiger charge is -2.38. The van der Waals surface area contributed by atoms with Gasteiger partial charge in [-0.15, -0.1) is 0 Å². The van der Waals surface area contributed by atoms with Crippen LogP contribution in [0.15, 0.2) is 18.2 Å². The summed E-state index contributed by atoms with van der Waals surface area (Å²) in [6.45, 7) is 2.31. The third-order valence-electron chi connectivity index (χ3n) is 6.78. The summed E-state index contributed by atoms with van der Waals surface area (Å²) in [5.74, 6) is 3.46. The van der Waals surface area contributed by atoms with Crippen molar-refractivity contribution in [3.8, 4) is 12.1 Å². The number of nitrogens with zero attached hydrogens (tertiary/aromatic N) is 2. The number of nitriles is 2. The van der Waals surface area contributed by atoms with Gasteiger partial charge in [-0.3, -0.25) is 0 Å². The summed E-state index contributed by atoms with van der Waals surface area (Å²) in [4.78, 5) is 0. The Kier molecular flexibility index (Phi) is 6.14. The molecule has 0 radical (unpaired) electrons. The smallest absolute Gasteiger partial charge is 0.101 e. The zero-order valence-electron chi connectivity index (χ0n) is 15.5. The first kappa shape index (κ1) is 18.0. The minimum Gasteiger partial charge on any atom is -0.192 e. The Hall–Kier alpha value is -1.80. The van der Waals surface area contributed by atoms with Gasteiger partial charge in [-0.1, -0.05) is 38.7 Å². The Balaban J connectivity index is 1.54. The quantitative estimate of drug-likeness (QED) is 0.647. The van der Waals surface area contributed by atoms with Gasteiger partial charge < -0.3 is 0 Å². The topological polar surface area (TPSA) is 47.6 Å². The van der Waals surface area contributed by atoms with Gasteiger partial charge in [-0.05, 0) is 79.9 Å². The fraction of sp³-hybridized carbons (Fsp3) is 0.652. The van der Waals surface area contributed by atoms with Crippen molar-refractivity contribution in [2.45, 2.75) is 77.0 Å². The minimum atomic E-state index is 0.503. The summed E-state index contributed by atoms with van der Waals surface area (Å²) in [6.07, 6.45) is 13.8. The summed E-state index contributed by atoms with van der Waals surface area (Å²) >= 11 is 0. The molecule has 2 heteroatoms. The van der Waals surface area contributed by atoms with E-state index in [1.807, 2.05) is 12.1 Å². The van der Waals surface area contributed by atoms with Gasteiger partial charge in [0.25, 0.3) is 0 Å². The van der Waals surface area contributed by atoms with Crippen molar-refractivity contribution >= 4 is 0 Å². The van der Waals surface area contributed by atoms with Gasteiger partial charge in [-0.2, -0.15) is 10.5 Å². The van der Waals surface area contributed by atoms with Gasteiger partial charge >= 0.3 is 0 Å². The van der Waals surface area contributed by atoms with Gasteiger partial charge in [0.05, 0.1) is 11.1 Å². The van der Waals surface area contributed by atoms with Crippen LogP contribution in [-0.2, 0) is 0 Å². The van der Waals surface area contributed by atoms with Crippen molar-refractivity contribution in [3.63, 3.8) is 0 Å². The largest absolute Gasteiger partial charge is 0.192 e. The maximum Gasteiger partial charge on any atom is 0.101 e. The lowest BCUT2D eigenvalue weighted by Crippen LogP contribution is -2.25. The van der Waals surface area contributed by atoms with Crippen molar-refractivity contribution in [2.75, 3.05) is 0 Å². The molecule has 2 saturated carbocycles. The zero-order valence-corrected chi connectivity index (χ0v) is 15.5. The highest BCUT2D eigenvalue weighted by molar-refractivity contribution is 5.48. The number of benzene rings is 1. The first-order valence-corrected chi connectivity index (χ1v) is 10.2. The molecule has 132 valence electrons. The Morgan fingerprint density at radius 3 is 2.00 bits per heavy atom. The number of hydrogen-bond acceptors (Lipinski definition) is 2. The summed E-state index contributed by atoms with van der Waals surface area (Å²) in [5, 5.41) is 18.3. The monoisotopic (exact) mass is 334 g/mol. The van der Waals surface area contributed by atoms with E-state index in [1.54, 1.807) is 0 Å². The molecule has 25 heavy (non-hydrogen) atoms. The zero-order chi connectivity index (χ0) is 17.6. The molecule has 2 aliphatic rings. The predicted molar refractivity (Wildman–Crippen MR) is 101 cm³/mol. The van der Waals surface area contributed by atoms with Crippen molar-refractivity contribution < 1.29 is 0 Å². The average molecular weight is 335 g/mol. The molecule has 0 unspecified atom stereocenters. The summed E-state index contributed by atoms with van der Waals surface area (Å²) < 4.78 is 0. The van der Waals surface area contributed by atoms with E-state index >= 15 is 0 Å². The van der Waals surface area contributed by atoms with Gasteiger partial charge in [0.1, 0.15) is 12.1 Å². The lowest BCUT2D eigenvalue weighted by molar-refractivity contribution is 0.156. The summed E-state index contributed by atoms with van der Waals surface area (Å²) in [5.41, 5.74) is 2.31. The molecule has 0 N–H and O–H groups in total. The maximum atomic E-state index is 9.24. The second kappa shape index (κ2) is 8.53. The van der Waals surface area contributed by atoms with Crippen molar-refractivity contribution in [3.05, 3.63) is 34.9 Å². The molecule has 0 atom stereocenters. The van der Waals surface area contributed by atoms with Crippen LogP contribution in [-0.4, -0.2) is 0 Å². The average Bonchev–Trinajstić information content (AvgIpc) is 2.68. The summed E-state index contributed by atoms with van der Waals surface area (Å²) in [7, 11) is 0. The molecule has 0 spiro atoms. The van der Waals surface area contributed by atoms with E-state index in [9.17, 15) is 5.26 Å². The highest BCUT2D eigenvalue weighted by atomic mass is 14.4. The standard InChI is InChI=1S/C23H30N2/c1-2-3-17-4-6-18(7-5-17)19-8-10-20(11-9-19)21-12-13-22(15-24)23(14-21)16-25/h12-14,17-20H,2-11H2,1H3. The van der Waals surface area contributed by atoms with Gasteiger partial charge in [0.15, 0.2) is 0 Å². The molecule has 2 nitrogen and oxygen atoms in total. The van der Waals surface area contributed by atoms with Gasteiger partial charge in [-0.25, -0.2) is 0 Å². The van der Waals surface area contributed by atoms with Crippen LogP contribution in [0.25, 0.3) is 0 Å². The highest BCUT2D eigenvalue weighted by Crippen LogP contribution is 2.44. The van der Waals surface area contributed by atoms with Crippen LogP contribution in [0.5, 0.6) is 0 Å². The maximum absolute atomic E-state index is 9.24. The third kappa shape index (κ3) is 4.24. The molecule has 0 amide bonds. The van der Waals surface area contributed by atoms with Crippen LogP contribution >= 0.6 is 0 Å². The molecule has 0 aromatic heterocycles. The summed E-state index contributed by atoms with van der Waals surface area (Å²) in [6, 6.07) is 10.2. The van der Waals surface area contributed by atoms with E-state index in [-0.39, 0.29) is 0 Å². The van der Waals surface area contributed by atoms with E-state index in [1.165, 1.54) is 69.8 Å². The normalized spacial score (nSPS) is 29.6. The second-order valence-corrected chi connectivity index (χ2v) is 8.21. The Labute approximate surface area is 152 Å². The molecular weight excluding hydrogens is 304 g/mol. The number of rotatable bonds is 4. The molecule has 2 aliphatic carbocycles. The fourth-order valence-corrected chi connectivity index (χ4v) is 5.29. The Morgan fingerprint density at radius 1 is 0.840 bits per heavy atom. The molecule has 3 rings (SSSR count). The van der Waals surface area contributed by atoms with E-state index in [4.69, 9.17) is 5.26 Å². The van der Waals surface area contributed by atoms with E-state index in [0.717, 1.165) is 17.8 Å². The first-order chi connectivity index (χ1) is 12.2. The van der Waals surface area contributed by atoms with Crippen LogP contribution in [0, 0.1) is 40.4 Å². The first-order valence-electron chi connectivity index (χ1n) is 10.2. The molecule has 2 fully saturated rings. The Morgan fingerprint density at radius 2 is 1.44 bits per heavy atom. The van der Waals surface area contributed by atoms with E-state index in [0.29, 0.717) is 17.0 Å². The van der Waals surface area contributed by atoms with Crippen LogP contribution < -0.4 is 0 Å². The second-order valence-electron chi connectivity index (χ2n) is 8.21. The predicted octanol–water partition coefficient (Wildman–Crippen LogP) is 6.31. The molecular formula is C23H30N2. The van der Waals surface area contributed by atoms with E-state index < -0.39 is 0 Å². The number of hydrogen-bond donors (Lipinski definition) is 0. The van der Waals surface area contributed by atoms with Crippen LogP contribution in [0.1, 0.15) is 93.7 Å². The molecule has 1 aromatic carbocycles. The molecule has 1 aromatic rings.